The maximum Gasteiger partial charge on any atom is 0.273 e. The van der Waals surface area contributed by atoms with E-state index in [0.717, 1.165) is 35.7 Å². The predicted molar refractivity (Wildman–Crippen MR) is 117 cm³/mol. The number of hydrogen-bond acceptors (Lipinski definition) is 5. The van der Waals surface area contributed by atoms with E-state index in [4.69, 9.17) is 16.3 Å². The van der Waals surface area contributed by atoms with Gasteiger partial charge in [0.25, 0.3) is 5.91 Å². The van der Waals surface area contributed by atoms with E-state index >= 15 is 0 Å². The van der Waals surface area contributed by atoms with Crippen LogP contribution in [0.15, 0.2) is 47.8 Å². The molecule has 0 atom stereocenters. The van der Waals surface area contributed by atoms with Gasteiger partial charge in [0.2, 0.25) is 0 Å². The highest BCUT2D eigenvalue weighted by Crippen LogP contribution is 2.33. The summed E-state index contributed by atoms with van der Waals surface area (Å²) >= 11 is 9.69. The summed E-state index contributed by atoms with van der Waals surface area (Å²) in [4.78, 5) is 19.0. The molecule has 0 N–H and O–H groups in total. The van der Waals surface area contributed by atoms with Crippen molar-refractivity contribution in [2.75, 3.05) is 24.6 Å². The Morgan fingerprint density at radius 1 is 1.21 bits per heavy atom. The summed E-state index contributed by atoms with van der Waals surface area (Å²) in [6.45, 7) is 1.76. The zero-order valence-electron chi connectivity index (χ0n) is 15.4. The number of nitrogens with zero attached hydrogens (tertiary/aromatic N) is 2. The van der Waals surface area contributed by atoms with Crippen molar-refractivity contribution in [1.29, 1.82) is 0 Å². The van der Waals surface area contributed by atoms with Crippen LogP contribution in [-0.4, -0.2) is 40.4 Å². The fourth-order valence-corrected chi connectivity index (χ4v) is 5.03. The number of aromatic nitrogens is 1. The monoisotopic (exact) mass is 448 g/mol. The average Bonchev–Trinajstić information content (AvgIpc) is 3.22. The third-order valence-electron chi connectivity index (χ3n) is 4.49. The molecular formula is C21H18ClFN2O2S2. The van der Waals surface area contributed by atoms with Gasteiger partial charge in [0.1, 0.15) is 28.9 Å². The van der Waals surface area contributed by atoms with Gasteiger partial charge in [-0.25, -0.2) is 9.37 Å². The van der Waals surface area contributed by atoms with Crippen LogP contribution in [0.25, 0.3) is 10.6 Å². The molecular weight excluding hydrogens is 431 g/mol. The molecule has 3 aromatic rings. The fourth-order valence-electron chi connectivity index (χ4n) is 2.98. The number of amides is 1. The normalized spacial score (nSPS) is 14.1. The number of carbonyl (C=O) groups excluding carboxylic acids is 1. The van der Waals surface area contributed by atoms with Crippen LogP contribution < -0.4 is 4.74 Å². The molecule has 2 aromatic carbocycles. The summed E-state index contributed by atoms with van der Waals surface area (Å²) in [5.74, 6) is 2.19. The number of ether oxygens (including phenoxy) is 1. The highest BCUT2D eigenvalue weighted by atomic mass is 35.5. The lowest BCUT2D eigenvalue weighted by Crippen LogP contribution is -2.38. The fraction of sp³-hybridized carbons (Fsp3) is 0.238. The number of carbonyl (C=O) groups is 1. The van der Waals surface area contributed by atoms with Gasteiger partial charge in [-0.1, -0.05) is 23.7 Å². The number of thioether (sulfide) groups is 1. The van der Waals surface area contributed by atoms with Crippen LogP contribution in [-0.2, 0) is 6.61 Å². The van der Waals surface area contributed by atoms with Gasteiger partial charge in [0.15, 0.2) is 0 Å². The molecule has 4 nitrogen and oxygen atoms in total. The molecule has 0 bridgehead atoms. The average molecular weight is 449 g/mol. The lowest BCUT2D eigenvalue weighted by atomic mass is 10.2. The van der Waals surface area contributed by atoms with Crippen LogP contribution in [0, 0.1) is 5.82 Å². The second-order valence-corrected chi connectivity index (χ2v) is 8.99. The molecule has 29 heavy (non-hydrogen) atoms. The SMILES string of the molecule is O=C(c1csc(-c2ccc(OCc3cccc(F)c3)cc2Cl)n1)N1CCSCC1. The van der Waals surface area contributed by atoms with Crippen molar-refractivity contribution in [2.24, 2.45) is 0 Å². The second-order valence-electron chi connectivity index (χ2n) is 6.50. The lowest BCUT2D eigenvalue weighted by Gasteiger charge is -2.25. The van der Waals surface area contributed by atoms with E-state index in [1.165, 1.54) is 23.5 Å². The Morgan fingerprint density at radius 3 is 2.79 bits per heavy atom. The summed E-state index contributed by atoms with van der Waals surface area (Å²) in [6, 6.07) is 11.6. The van der Waals surface area contributed by atoms with Crippen LogP contribution in [0.3, 0.4) is 0 Å². The standard InChI is InChI=1S/C21H18ClFN2O2S2/c22-18-11-16(27-12-14-2-1-3-15(23)10-14)4-5-17(18)20-24-19(13-29-20)21(26)25-6-8-28-9-7-25/h1-5,10-11,13H,6-9,12H2. The summed E-state index contributed by atoms with van der Waals surface area (Å²) < 4.78 is 19.0. The van der Waals surface area contributed by atoms with Crippen molar-refractivity contribution >= 4 is 40.6 Å². The Kier molecular flexibility index (Phi) is 6.37. The number of thiazole rings is 1. The van der Waals surface area contributed by atoms with Gasteiger partial charge in [0, 0.05) is 35.5 Å². The van der Waals surface area contributed by atoms with E-state index in [1.54, 1.807) is 29.6 Å². The zero-order chi connectivity index (χ0) is 20.2. The second kappa shape index (κ2) is 9.15. The van der Waals surface area contributed by atoms with Crippen molar-refractivity contribution in [2.45, 2.75) is 6.61 Å². The molecule has 1 aromatic heterocycles. The molecule has 1 aliphatic rings. The molecule has 1 amide bonds. The molecule has 8 heteroatoms. The number of halogens is 2. The Balaban J connectivity index is 1.45. The summed E-state index contributed by atoms with van der Waals surface area (Å²) in [5, 5.41) is 2.97. The molecule has 0 radical (unpaired) electrons. The maximum atomic E-state index is 13.3. The third kappa shape index (κ3) is 4.91. The van der Waals surface area contributed by atoms with Crippen LogP contribution in [0.5, 0.6) is 5.75 Å². The van der Waals surface area contributed by atoms with Crippen LogP contribution in [0.1, 0.15) is 16.1 Å². The molecule has 0 unspecified atom stereocenters. The van der Waals surface area contributed by atoms with Gasteiger partial charge in [-0.15, -0.1) is 11.3 Å². The van der Waals surface area contributed by atoms with E-state index in [9.17, 15) is 9.18 Å². The first kappa shape index (κ1) is 20.2. The lowest BCUT2D eigenvalue weighted by molar-refractivity contribution is 0.0767. The minimum Gasteiger partial charge on any atom is -0.489 e. The molecule has 0 spiro atoms. The van der Waals surface area contributed by atoms with E-state index in [1.807, 2.05) is 22.7 Å². The molecule has 2 heterocycles. The number of hydrogen-bond donors (Lipinski definition) is 0. The number of benzene rings is 2. The Labute approximate surface area is 181 Å². The first-order valence-corrected chi connectivity index (χ1v) is 11.5. The number of rotatable bonds is 5. The van der Waals surface area contributed by atoms with Crippen LogP contribution in [0.2, 0.25) is 5.02 Å². The Bertz CT molecular complexity index is 1020. The summed E-state index contributed by atoms with van der Waals surface area (Å²) in [7, 11) is 0. The first-order chi connectivity index (χ1) is 14.1. The van der Waals surface area contributed by atoms with Gasteiger partial charge in [-0.3, -0.25) is 4.79 Å². The molecule has 150 valence electrons. The predicted octanol–water partition coefficient (Wildman–Crippen LogP) is 5.37. The summed E-state index contributed by atoms with van der Waals surface area (Å²) in [5.41, 5.74) is 1.95. The molecule has 1 saturated heterocycles. The molecule has 4 rings (SSSR count). The zero-order valence-corrected chi connectivity index (χ0v) is 17.8. The maximum absolute atomic E-state index is 13.3. The quantitative estimate of drug-likeness (QED) is 0.526. The summed E-state index contributed by atoms with van der Waals surface area (Å²) in [6.07, 6.45) is 0. The van der Waals surface area contributed by atoms with Gasteiger partial charge in [-0.05, 0) is 35.9 Å². The first-order valence-electron chi connectivity index (χ1n) is 9.10. The third-order valence-corrected chi connectivity index (χ3v) is 6.62. The van der Waals surface area contributed by atoms with Gasteiger partial charge in [0.05, 0.1) is 5.02 Å². The van der Waals surface area contributed by atoms with E-state index in [-0.39, 0.29) is 18.3 Å². The van der Waals surface area contributed by atoms with Crippen molar-refractivity contribution in [3.05, 3.63) is 69.9 Å². The minimum atomic E-state index is -0.295. The van der Waals surface area contributed by atoms with Crippen molar-refractivity contribution in [1.82, 2.24) is 9.88 Å². The van der Waals surface area contributed by atoms with Gasteiger partial charge >= 0.3 is 0 Å². The van der Waals surface area contributed by atoms with Crippen molar-refractivity contribution < 1.29 is 13.9 Å². The van der Waals surface area contributed by atoms with Gasteiger partial charge < -0.3 is 9.64 Å². The highest BCUT2D eigenvalue weighted by molar-refractivity contribution is 7.99. The van der Waals surface area contributed by atoms with Crippen LogP contribution >= 0.6 is 34.7 Å². The molecule has 0 aliphatic carbocycles. The van der Waals surface area contributed by atoms with E-state index < -0.39 is 0 Å². The topological polar surface area (TPSA) is 42.4 Å². The van der Waals surface area contributed by atoms with Crippen molar-refractivity contribution in [3.8, 4) is 16.3 Å². The highest BCUT2D eigenvalue weighted by Gasteiger charge is 2.21. The molecule has 0 saturated carbocycles. The van der Waals surface area contributed by atoms with E-state index in [2.05, 4.69) is 4.98 Å². The minimum absolute atomic E-state index is 0.0287. The van der Waals surface area contributed by atoms with Crippen molar-refractivity contribution in [3.63, 3.8) is 0 Å². The Hall–Kier alpha value is -2.09. The van der Waals surface area contributed by atoms with Crippen LogP contribution in [0.4, 0.5) is 4.39 Å². The smallest absolute Gasteiger partial charge is 0.273 e. The van der Waals surface area contributed by atoms with Gasteiger partial charge in [-0.2, -0.15) is 11.8 Å². The molecule has 1 aliphatic heterocycles. The Morgan fingerprint density at radius 2 is 2.03 bits per heavy atom. The largest absolute Gasteiger partial charge is 0.489 e. The molecule has 1 fully saturated rings. The van der Waals surface area contributed by atoms with E-state index in [0.29, 0.717) is 21.5 Å².